The summed E-state index contributed by atoms with van der Waals surface area (Å²) >= 11 is 3.48. The van der Waals surface area contributed by atoms with Crippen LogP contribution in [0.4, 0.5) is 0 Å². The van der Waals surface area contributed by atoms with Crippen molar-refractivity contribution >= 4 is 15.9 Å². The Morgan fingerprint density at radius 1 is 0.889 bits per heavy atom. The van der Waals surface area contributed by atoms with Crippen LogP contribution in [0, 0.1) is 13.8 Å². The second-order valence-corrected chi connectivity index (χ2v) is 5.61. The van der Waals surface area contributed by atoms with Crippen molar-refractivity contribution in [3.8, 4) is 0 Å². The van der Waals surface area contributed by atoms with Crippen molar-refractivity contribution in [3.63, 3.8) is 0 Å². The Hall–Kier alpha value is -1.12. The number of rotatable bonds is 3. The first-order valence-electron chi connectivity index (χ1n) is 6.11. The zero-order valence-electron chi connectivity index (χ0n) is 11.0. The normalized spacial score (nSPS) is 12.4. The van der Waals surface area contributed by atoms with Crippen LogP contribution in [0.2, 0.25) is 0 Å². The van der Waals surface area contributed by atoms with Crippen LogP contribution >= 0.6 is 15.9 Å². The number of hydrogen-bond donors (Lipinski definition) is 1. The molecule has 0 fully saturated rings. The summed E-state index contributed by atoms with van der Waals surface area (Å²) in [5.74, 6) is 0. The Kier molecular flexibility index (Phi) is 4.20. The van der Waals surface area contributed by atoms with Gasteiger partial charge in [-0.15, -0.1) is 0 Å². The molecule has 0 radical (unpaired) electrons. The Labute approximate surface area is 117 Å². The van der Waals surface area contributed by atoms with E-state index in [2.05, 4.69) is 77.6 Å². The van der Waals surface area contributed by atoms with Crippen LogP contribution in [0.5, 0.6) is 0 Å². The van der Waals surface area contributed by atoms with E-state index in [1.807, 2.05) is 7.05 Å². The minimum atomic E-state index is 0.247. The molecule has 0 aliphatic carbocycles. The van der Waals surface area contributed by atoms with Gasteiger partial charge in [0.25, 0.3) is 0 Å². The maximum atomic E-state index is 3.48. The van der Waals surface area contributed by atoms with E-state index in [0.29, 0.717) is 0 Å². The summed E-state index contributed by atoms with van der Waals surface area (Å²) in [5.41, 5.74) is 5.22. The van der Waals surface area contributed by atoms with E-state index in [-0.39, 0.29) is 6.04 Å². The van der Waals surface area contributed by atoms with Gasteiger partial charge in [-0.25, -0.2) is 0 Å². The third-order valence-corrected chi connectivity index (χ3v) is 3.60. The summed E-state index contributed by atoms with van der Waals surface area (Å²) in [7, 11) is 2.00. The maximum Gasteiger partial charge on any atom is 0.0574 e. The molecule has 0 aromatic heterocycles. The van der Waals surface area contributed by atoms with Crippen LogP contribution in [0.1, 0.15) is 28.3 Å². The Bertz CT molecular complexity index is 511. The topological polar surface area (TPSA) is 12.0 Å². The quantitative estimate of drug-likeness (QED) is 0.887. The van der Waals surface area contributed by atoms with Gasteiger partial charge < -0.3 is 5.32 Å². The van der Waals surface area contributed by atoms with Crippen molar-refractivity contribution in [1.29, 1.82) is 0 Å². The minimum absolute atomic E-state index is 0.247. The summed E-state index contributed by atoms with van der Waals surface area (Å²) in [6.07, 6.45) is 0. The predicted octanol–water partition coefficient (Wildman–Crippen LogP) is 4.37. The van der Waals surface area contributed by atoms with Crippen molar-refractivity contribution in [2.24, 2.45) is 0 Å². The molecule has 0 aliphatic heterocycles. The molecule has 2 aromatic rings. The monoisotopic (exact) mass is 303 g/mol. The van der Waals surface area contributed by atoms with Crippen LogP contribution < -0.4 is 5.32 Å². The highest BCUT2D eigenvalue weighted by molar-refractivity contribution is 9.10. The van der Waals surface area contributed by atoms with Gasteiger partial charge >= 0.3 is 0 Å². The van der Waals surface area contributed by atoms with Crippen LogP contribution in [0.3, 0.4) is 0 Å². The Balaban J connectivity index is 2.41. The van der Waals surface area contributed by atoms with E-state index in [0.717, 1.165) is 4.47 Å². The fraction of sp³-hybridized carbons (Fsp3) is 0.250. The van der Waals surface area contributed by atoms with E-state index in [1.165, 1.54) is 22.3 Å². The number of hydrogen-bond acceptors (Lipinski definition) is 1. The van der Waals surface area contributed by atoms with Crippen molar-refractivity contribution in [3.05, 3.63) is 69.2 Å². The van der Waals surface area contributed by atoms with Gasteiger partial charge in [-0.3, -0.25) is 0 Å². The van der Waals surface area contributed by atoms with Crippen LogP contribution in [0.25, 0.3) is 0 Å². The van der Waals surface area contributed by atoms with Crippen LogP contribution in [-0.4, -0.2) is 7.05 Å². The van der Waals surface area contributed by atoms with Crippen molar-refractivity contribution in [1.82, 2.24) is 5.32 Å². The molecule has 0 heterocycles. The fourth-order valence-electron chi connectivity index (χ4n) is 2.36. The van der Waals surface area contributed by atoms with E-state index in [1.54, 1.807) is 0 Å². The average Bonchev–Trinajstić information content (AvgIpc) is 2.31. The van der Waals surface area contributed by atoms with Crippen molar-refractivity contribution in [2.75, 3.05) is 7.05 Å². The molecule has 0 bridgehead atoms. The predicted molar refractivity (Wildman–Crippen MR) is 81.0 cm³/mol. The molecule has 0 saturated carbocycles. The molecule has 2 rings (SSSR count). The highest BCUT2D eigenvalue weighted by Gasteiger charge is 2.12. The van der Waals surface area contributed by atoms with E-state index in [4.69, 9.17) is 0 Å². The molecular weight excluding hydrogens is 286 g/mol. The van der Waals surface area contributed by atoms with Gasteiger partial charge in [0.05, 0.1) is 6.04 Å². The van der Waals surface area contributed by atoms with Gasteiger partial charge in [0.2, 0.25) is 0 Å². The zero-order chi connectivity index (χ0) is 13.1. The third-order valence-electron chi connectivity index (χ3n) is 3.07. The molecule has 94 valence electrons. The molecule has 0 saturated heterocycles. The lowest BCUT2D eigenvalue weighted by Gasteiger charge is -2.18. The van der Waals surface area contributed by atoms with Gasteiger partial charge in [-0.05, 0) is 44.2 Å². The van der Waals surface area contributed by atoms with Crippen LogP contribution in [-0.2, 0) is 0 Å². The Morgan fingerprint density at radius 3 is 1.94 bits per heavy atom. The lowest BCUT2D eigenvalue weighted by atomic mass is 9.96. The maximum absolute atomic E-state index is 3.48. The highest BCUT2D eigenvalue weighted by Crippen LogP contribution is 2.25. The molecule has 0 amide bonds. The summed E-state index contributed by atoms with van der Waals surface area (Å²) in [5, 5.41) is 3.39. The van der Waals surface area contributed by atoms with Gasteiger partial charge in [0.15, 0.2) is 0 Å². The highest BCUT2D eigenvalue weighted by atomic mass is 79.9. The molecule has 1 unspecified atom stereocenters. The molecule has 0 spiro atoms. The second-order valence-electron chi connectivity index (χ2n) is 4.69. The standard InChI is InChI=1S/C16H18BrN/c1-11-8-12(2)10-14(9-11)16(18-3)13-4-6-15(17)7-5-13/h4-10,16,18H,1-3H3. The van der Waals surface area contributed by atoms with Crippen molar-refractivity contribution < 1.29 is 0 Å². The summed E-state index contributed by atoms with van der Waals surface area (Å²) in [6.45, 7) is 4.29. The lowest BCUT2D eigenvalue weighted by molar-refractivity contribution is 0.690. The first-order valence-corrected chi connectivity index (χ1v) is 6.90. The molecule has 1 N–H and O–H groups in total. The number of aryl methyl sites for hydroxylation is 2. The lowest BCUT2D eigenvalue weighted by Crippen LogP contribution is -2.17. The van der Waals surface area contributed by atoms with E-state index in [9.17, 15) is 0 Å². The summed E-state index contributed by atoms with van der Waals surface area (Å²) in [4.78, 5) is 0. The molecule has 18 heavy (non-hydrogen) atoms. The number of nitrogens with one attached hydrogen (secondary N) is 1. The van der Waals surface area contributed by atoms with Gasteiger partial charge in [-0.2, -0.15) is 0 Å². The molecule has 2 aromatic carbocycles. The van der Waals surface area contributed by atoms with Gasteiger partial charge in [-0.1, -0.05) is 57.4 Å². The number of halogens is 1. The van der Waals surface area contributed by atoms with Crippen molar-refractivity contribution in [2.45, 2.75) is 19.9 Å². The molecule has 2 heteroatoms. The first-order chi connectivity index (χ1) is 8.60. The van der Waals surface area contributed by atoms with Crippen LogP contribution in [0.15, 0.2) is 46.9 Å². The van der Waals surface area contributed by atoms with Gasteiger partial charge in [0, 0.05) is 4.47 Å². The molecular formula is C16H18BrN. The molecule has 1 nitrogen and oxygen atoms in total. The first kappa shape index (κ1) is 13.3. The Morgan fingerprint density at radius 2 is 1.44 bits per heavy atom. The molecule has 1 atom stereocenters. The SMILES string of the molecule is CNC(c1ccc(Br)cc1)c1cc(C)cc(C)c1. The largest absolute Gasteiger partial charge is 0.309 e. The summed E-state index contributed by atoms with van der Waals surface area (Å²) in [6, 6.07) is 15.4. The fourth-order valence-corrected chi connectivity index (χ4v) is 2.62. The third kappa shape index (κ3) is 3.01. The van der Waals surface area contributed by atoms with Gasteiger partial charge in [0.1, 0.15) is 0 Å². The number of benzene rings is 2. The van der Waals surface area contributed by atoms with E-state index < -0.39 is 0 Å². The van der Waals surface area contributed by atoms with E-state index >= 15 is 0 Å². The summed E-state index contributed by atoms with van der Waals surface area (Å²) < 4.78 is 1.11. The minimum Gasteiger partial charge on any atom is -0.309 e. The molecule has 0 aliphatic rings. The smallest absolute Gasteiger partial charge is 0.0574 e. The average molecular weight is 304 g/mol. The zero-order valence-corrected chi connectivity index (χ0v) is 12.6. The second kappa shape index (κ2) is 5.68.